The second-order valence-corrected chi connectivity index (χ2v) is 14.7. The van der Waals surface area contributed by atoms with E-state index in [2.05, 4.69) is 24.3 Å². The Morgan fingerprint density at radius 3 is 1.66 bits per heavy atom. The lowest BCUT2D eigenvalue weighted by molar-refractivity contribution is -0.205. The molecule has 10 rings (SSSR count). The molecule has 8 bridgehead atoms. The van der Waals surface area contributed by atoms with Crippen molar-refractivity contribution in [2.45, 2.75) is 120 Å². The van der Waals surface area contributed by atoms with Gasteiger partial charge in [0.2, 0.25) is 0 Å². The highest BCUT2D eigenvalue weighted by atomic mass is 14.7. The molecule has 2 unspecified atom stereocenters. The average molecular weight is 429 g/mol. The van der Waals surface area contributed by atoms with Crippen molar-refractivity contribution in [1.29, 1.82) is 0 Å². The molecular formula is C32H44. The maximum atomic E-state index is 2.64. The Bertz CT molecular complexity index is 834. The van der Waals surface area contributed by atoms with Crippen LogP contribution in [0.25, 0.3) is 0 Å². The summed E-state index contributed by atoms with van der Waals surface area (Å²) in [6.45, 7) is 0. The van der Waals surface area contributed by atoms with Gasteiger partial charge in [0.1, 0.15) is 0 Å². The molecule has 1 aromatic carbocycles. The highest BCUT2D eigenvalue weighted by molar-refractivity contribution is 5.35. The zero-order valence-corrected chi connectivity index (χ0v) is 20.3. The van der Waals surface area contributed by atoms with Crippen molar-refractivity contribution in [3.05, 3.63) is 35.4 Å². The first-order valence-corrected chi connectivity index (χ1v) is 14.7. The van der Waals surface area contributed by atoms with E-state index in [4.69, 9.17) is 0 Å². The molecule has 0 aromatic heterocycles. The Labute approximate surface area is 196 Å². The lowest BCUT2D eigenvalue weighted by atomic mass is 9.32. The molecule has 2 atom stereocenters. The number of hydrogen-bond donors (Lipinski definition) is 0. The van der Waals surface area contributed by atoms with Crippen molar-refractivity contribution in [3.63, 3.8) is 0 Å². The normalized spacial score (nSPS) is 51.4. The van der Waals surface area contributed by atoms with Gasteiger partial charge in [0.05, 0.1) is 0 Å². The number of hydrogen-bond acceptors (Lipinski definition) is 0. The first-order chi connectivity index (χ1) is 15.6. The Morgan fingerprint density at radius 2 is 1.06 bits per heavy atom. The van der Waals surface area contributed by atoms with Crippen LogP contribution >= 0.6 is 0 Å². The third-order valence-electron chi connectivity index (χ3n) is 12.8. The largest absolute Gasteiger partial charge is 0.0585 e. The zero-order valence-electron chi connectivity index (χ0n) is 20.3. The Morgan fingerprint density at radius 1 is 0.531 bits per heavy atom. The van der Waals surface area contributed by atoms with Crippen LogP contribution in [0.4, 0.5) is 0 Å². The molecule has 0 heterocycles. The van der Waals surface area contributed by atoms with Crippen LogP contribution in [0.2, 0.25) is 0 Å². The SMILES string of the molecule is c1cc(C23CC4CC(C2)CC(C25CC6CC(CC(C6)C2)C5)(C4)C3)ccc1C1CCCCC1. The van der Waals surface area contributed by atoms with Crippen molar-refractivity contribution < 1.29 is 0 Å². The van der Waals surface area contributed by atoms with Crippen molar-refractivity contribution in [2.75, 3.05) is 0 Å². The Kier molecular flexibility index (Phi) is 4.07. The molecule has 9 aliphatic rings. The van der Waals surface area contributed by atoms with Crippen molar-refractivity contribution in [2.24, 2.45) is 40.4 Å². The van der Waals surface area contributed by atoms with Gasteiger partial charge < -0.3 is 0 Å². The third-order valence-corrected chi connectivity index (χ3v) is 12.8. The minimum Gasteiger partial charge on any atom is -0.0585 e. The molecule has 9 fully saturated rings. The predicted octanol–water partition coefficient (Wildman–Crippen LogP) is 8.79. The summed E-state index contributed by atoms with van der Waals surface area (Å²) in [6, 6.07) is 10.5. The predicted molar refractivity (Wildman–Crippen MR) is 132 cm³/mol. The van der Waals surface area contributed by atoms with Crippen molar-refractivity contribution in [1.82, 2.24) is 0 Å². The van der Waals surface area contributed by atoms with E-state index in [1.165, 1.54) is 44.9 Å². The quantitative estimate of drug-likeness (QED) is 0.451. The summed E-state index contributed by atoms with van der Waals surface area (Å²) in [5.41, 5.74) is 5.44. The summed E-state index contributed by atoms with van der Waals surface area (Å²) in [5, 5.41) is 0. The molecule has 1 aromatic rings. The van der Waals surface area contributed by atoms with Crippen LogP contribution in [0, 0.1) is 40.4 Å². The van der Waals surface area contributed by atoms with Crippen LogP contribution in [0.3, 0.4) is 0 Å². The van der Waals surface area contributed by atoms with E-state index >= 15 is 0 Å². The topological polar surface area (TPSA) is 0 Å². The van der Waals surface area contributed by atoms with Gasteiger partial charge in [0, 0.05) is 0 Å². The number of rotatable bonds is 3. The molecule has 0 N–H and O–H groups in total. The molecule has 0 radical (unpaired) electrons. The van der Waals surface area contributed by atoms with Gasteiger partial charge in [-0.05, 0) is 153 Å². The lowest BCUT2D eigenvalue weighted by Crippen LogP contribution is -2.63. The second-order valence-electron chi connectivity index (χ2n) is 14.7. The molecule has 0 saturated heterocycles. The summed E-state index contributed by atoms with van der Waals surface area (Å²) in [6.07, 6.45) is 26.4. The minimum absolute atomic E-state index is 0.540. The first-order valence-electron chi connectivity index (χ1n) is 14.7. The zero-order chi connectivity index (χ0) is 21.0. The van der Waals surface area contributed by atoms with Gasteiger partial charge in [-0.3, -0.25) is 0 Å². The molecule has 172 valence electrons. The van der Waals surface area contributed by atoms with Crippen LogP contribution in [0.5, 0.6) is 0 Å². The van der Waals surface area contributed by atoms with Crippen LogP contribution in [-0.2, 0) is 5.41 Å². The summed E-state index contributed by atoms with van der Waals surface area (Å²) in [7, 11) is 0. The fourth-order valence-electron chi connectivity index (χ4n) is 12.5. The lowest BCUT2D eigenvalue weighted by Gasteiger charge is -2.72. The van der Waals surface area contributed by atoms with Gasteiger partial charge in [-0.1, -0.05) is 43.5 Å². The molecule has 32 heavy (non-hydrogen) atoms. The van der Waals surface area contributed by atoms with E-state index in [-0.39, 0.29) is 0 Å². The van der Waals surface area contributed by atoms with E-state index in [9.17, 15) is 0 Å². The average Bonchev–Trinajstić information content (AvgIpc) is 2.78. The highest BCUT2D eigenvalue weighted by Crippen LogP contribution is 2.77. The minimum atomic E-state index is 0.540. The second kappa shape index (κ2) is 6.66. The summed E-state index contributed by atoms with van der Waals surface area (Å²) in [5.74, 6) is 6.28. The third kappa shape index (κ3) is 2.68. The van der Waals surface area contributed by atoms with Gasteiger partial charge in [-0.25, -0.2) is 0 Å². The van der Waals surface area contributed by atoms with Crippen molar-refractivity contribution >= 4 is 0 Å². The molecule has 0 aliphatic heterocycles. The highest BCUT2D eigenvalue weighted by Gasteiger charge is 2.67. The maximum absolute atomic E-state index is 2.64. The van der Waals surface area contributed by atoms with Crippen LogP contribution in [0.15, 0.2) is 24.3 Å². The van der Waals surface area contributed by atoms with Gasteiger partial charge in [0.15, 0.2) is 0 Å². The summed E-state index contributed by atoms with van der Waals surface area (Å²) in [4.78, 5) is 0. The molecule has 0 amide bonds. The van der Waals surface area contributed by atoms with E-state index in [1.54, 1.807) is 75.3 Å². The van der Waals surface area contributed by atoms with E-state index in [0.29, 0.717) is 5.41 Å². The first kappa shape index (κ1) is 19.5. The summed E-state index contributed by atoms with van der Waals surface area (Å²) >= 11 is 0. The van der Waals surface area contributed by atoms with Crippen LogP contribution < -0.4 is 0 Å². The standard InChI is InChI=1S/C32H44/c1-2-4-27(5-3-1)28-6-8-29(9-7-28)30-14-25-13-26(15-30)20-32(19-25,21-30)31-16-22-10-23(17-31)12-24(11-22)18-31/h6-9,22-27H,1-5,10-21H2. The van der Waals surface area contributed by atoms with E-state index in [1.807, 2.05) is 0 Å². The van der Waals surface area contributed by atoms with Gasteiger partial charge in [0.25, 0.3) is 0 Å². The number of benzene rings is 1. The molecule has 9 saturated carbocycles. The molecule has 0 nitrogen and oxygen atoms in total. The fraction of sp³-hybridized carbons (Fsp3) is 0.812. The fourth-order valence-corrected chi connectivity index (χ4v) is 12.5. The summed E-state index contributed by atoms with van der Waals surface area (Å²) < 4.78 is 0. The van der Waals surface area contributed by atoms with E-state index < -0.39 is 0 Å². The van der Waals surface area contributed by atoms with E-state index in [0.717, 1.165) is 46.3 Å². The van der Waals surface area contributed by atoms with Gasteiger partial charge in [-0.2, -0.15) is 0 Å². The molecular weight excluding hydrogens is 384 g/mol. The molecule has 9 aliphatic carbocycles. The van der Waals surface area contributed by atoms with Crippen LogP contribution in [0.1, 0.15) is 126 Å². The monoisotopic (exact) mass is 428 g/mol. The van der Waals surface area contributed by atoms with Crippen LogP contribution in [-0.4, -0.2) is 0 Å². The smallest absolute Gasteiger partial charge is 0.00362 e. The van der Waals surface area contributed by atoms with Gasteiger partial charge in [-0.15, -0.1) is 0 Å². The van der Waals surface area contributed by atoms with Gasteiger partial charge >= 0.3 is 0 Å². The maximum Gasteiger partial charge on any atom is -0.00362 e. The Balaban J connectivity index is 1.14. The van der Waals surface area contributed by atoms with Crippen molar-refractivity contribution in [3.8, 4) is 0 Å². The molecule has 0 heteroatoms. The molecule has 0 spiro atoms. The Hall–Kier alpha value is -0.780.